The molecule has 0 amide bonds. The lowest BCUT2D eigenvalue weighted by atomic mass is 9.98. The molecule has 2 aliphatic heterocycles. The highest BCUT2D eigenvalue weighted by molar-refractivity contribution is 7.70. The third-order valence-corrected chi connectivity index (χ3v) is 10.8. The van der Waals surface area contributed by atoms with Crippen LogP contribution in [0.5, 0.6) is 0 Å². The number of ether oxygens (including phenoxy) is 1. The monoisotopic (exact) mass is 637 g/mol. The van der Waals surface area contributed by atoms with Gasteiger partial charge in [-0.3, -0.25) is 13.7 Å². The third-order valence-electron chi connectivity index (χ3n) is 7.18. The van der Waals surface area contributed by atoms with Gasteiger partial charge in [-0.05, 0) is 28.3 Å². The number of nitrogens with zero attached hydrogens (tertiary/aromatic N) is 5. The van der Waals surface area contributed by atoms with Crippen molar-refractivity contribution in [1.82, 2.24) is 19.5 Å². The lowest BCUT2D eigenvalue weighted by Crippen LogP contribution is -2.33. The molecule has 1 saturated heterocycles. The molecule has 4 aromatic rings. The summed E-state index contributed by atoms with van der Waals surface area (Å²) in [5.41, 5.74) is 3.81. The van der Waals surface area contributed by atoms with Crippen molar-refractivity contribution in [2.75, 3.05) is 17.4 Å². The molecule has 0 bridgehead atoms. The van der Waals surface area contributed by atoms with Crippen molar-refractivity contribution in [3.63, 3.8) is 0 Å². The van der Waals surface area contributed by atoms with Crippen molar-refractivity contribution in [2.45, 2.75) is 37.1 Å². The molecular formula is C25H26ClN5O9P2. The highest BCUT2D eigenvalue weighted by Gasteiger charge is 2.46. The van der Waals surface area contributed by atoms with Crippen molar-refractivity contribution in [1.29, 1.82) is 0 Å². The Labute approximate surface area is 243 Å². The van der Waals surface area contributed by atoms with Crippen molar-refractivity contribution >= 4 is 43.8 Å². The summed E-state index contributed by atoms with van der Waals surface area (Å²) in [4.78, 5) is 43.2. The maximum absolute atomic E-state index is 12.1. The van der Waals surface area contributed by atoms with Crippen molar-refractivity contribution < 1.29 is 43.3 Å². The van der Waals surface area contributed by atoms with Crippen LogP contribution in [0.15, 0.2) is 60.9 Å². The van der Waals surface area contributed by atoms with E-state index in [-0.39, 0.29) is 17.0 Å². The number of halogens is 1. The van der Waals surface area contributed by atoms with E-state index >= 15 is 0 Å². The quantitative estimate of drug-likeness (QED) is 0.140. The topological polar surface area (TPSA) is 201 Å². The second-order valence-corrected chi connectivity index (χ2v) is 14.4. The van der Waals surface area contributed by atoms with Crippen LogP contribution >= 0.6 is 26.8 Å². The molecular weight excluding hydrogens is 612 g/mol. The average Bonchev–Trinajstić information content (AvgIpc) is 3.60. The molecule has 6 rings (SSSR count). The molecule has 3 unspecified atom stereocenters. The van der Waals surface area contributed by atoms with Crippen LogP contribution in [-0.2, 0) is 24.9 Å². The van der Waals surface area contributed by atoms with Gasteiger partial charge in [0.05, 0.1) is 19.0 Å². The van der Waals surface area contributed by atoms with Gasteiger partial charge in [0.15, 0.2) is 29.1 Å². The summed E-state index contributed by atoms with van der Waals surface area (Å²) in [6, 6.07) is 17.7. The van der Waals surface area contributed by atoms with Gasteiger partial charge < -0.3 is 39.1 Å². The Kier molecular flexibility index (Phi) is 7.73. The largest absolute Gasteiger partial charge is 0.387 e. The molecule has 0 saturated carbocycles. The number of rotatable bonds is 8. The van der Waals surface area contributed by atoms with Gasteiger partial charge in [-0.25, -0.2) is 4.98 Å². The predicted molar refractivity (Wildman–Crippen MR) is 150 cm³/mol. The van der Waals surface area contributed by atoms with E-state index in [4.69, 9.17) is 30.6 Å². The molecule has 222 valence electrons. The number of fused-ring (bicyclic) bond motifs is 2. The van der Waals surface area contributed by atoms with Crippen LogP contribution in [0.4, 0.5) is 5.82 Å². The lowest BCUT2D eigenvalue weighted by Gasteiger charge is -2.27. The molecule has 2 aromatic carbocycles. The Hall–Kier alpha value is -2.74. The van der Waals surface area contributed by atoms with Gasteiger partial charge in [0.1, 0.15) is 18.3 Å². The third kappa shape index (κ3) is 5.63. The Bertz CT molecular complexity index is 1720. The maximum atomic E-state index is 12.1. The Morgan fingerprint density at radius 2 is 1.71 bits per heavy atom. The smallest absolute Gasteiger partial charge is 0.340 e. The van der Waals surface area contributed by atoms with Crippen LogP contribution in [0.3, 0.4) is 0 Å². The number of anilines is 1. The first-order valence-electron chi connectivity index (χ1n) is 12.7. The van der Waals surface area contributed by atoms with Gasteiger partial charge in [-0.1, -0.05) is 54.6 Å². The molecule has 6 atom stereocenters. The lowest BCUT2D eigenvalue weighted by molar-refractivity contribution is -0.0483. The zero-order valence-corrected chi connectivity index (χ0v) is 24.2. The molecule has 17 heteroatoms. The van der Waals surface area contributed by atoms with Gasteiger partial charge in [-0.15, -0.1) is 0 Å². The number of hydrogen-bond acceptors (Lipinski definition) is 10. The Balaban J connectivity index is 1.32. The van der Waals surface area contributed by atoms with E-state index in [1.807, 2.05) is 48.5 Å². The first-order chi connectivity index (χ1) is 19.9. The highest BCUT2D eigenvalue weighted by Crippen LogP contribution is 2.55. The van der Waals surface area contributed by atoms with E-state index in [1.54, 1.807) is 0 Å². The molecule has 1 fully saturated rings. The number of hydrogen-bond donors (Lipinski definition) is 5. The normalized spacial score (nSPS) is 25.6. The van der Waals surface area contributed by atoms with Crippen LogP contribution in [0.25, 0.3) is 11.2 Å². The first-order valence-corrected chi connectivity index (χ1v) is 16.7. The van der Waals surface area contributed by atoms with E-state index in [2.05, 4.69) is 25.9 Å². The van der Waals surface area contributed by atoms with E-state index in [0.29, 0.717) is 17.9 Å². The van der Waals surface area contributed by atoms with Crippen molar-refractivity contribution in [2.24, 2.45) is 0 Å². The van der Waals surface area contributed by atoms with Gasteiger partial charge >= 0.3 is 15.2 Å². The van der Waals surface area contributed by atoms with Gasteiger partial charge in [0.25, 0.3) is 0 Å². The summed E-state index contributed by atoms with van der Waals surface area (Å²) in [6.45, 7) is -0.206. The van der Waals surface area contributed by atoms with Crippen LogP contribution in [-0.4, -0.2) is 75.2 Å². The van der Waals surface area contributed by atoms with Crippen LogP contribution < -0.4 is 4.90 Å². The number of aliphatic hydroxyl groups excluding tert-OH is 2. The molecule has 4 heterocycles. The molecule has 0 radical (unpaired) electrons. The summed E-state index contributed by atoms with van der Waals surface area (Å²) >= 11 is 6.40. The maximum Gasteiger partial charge on any atom is 0.340 e. The van der Waals surface area contributed by atoms with Crippen molar-refractivity contribution in [3.8, 4) is 0 Å². The zero-order valence-electron chi connectivity index (χ0n) is 21.7. The standard InChI is InChI=1S/C25H26ClN5O9P2/c26-25-28-22(30-10-15-8-4-5-9-16(15)19(30)14-6-2-1-3-7-14)18-23(29-25)31(12-27-18)24-21(33)20(32)17(40-24)11-39-42(37,38)13-41(34,35)36/h1-9,12,17,19-21,24,32-33H,10-11,13H2,(H,37,38)(H2,34,35,36)/t17-,19?,20?,21+,24-/m1/s1. The van der Waals surface area contributed by atoms with Crippen molar-refractivity contribution in [3.05, 3.63) is 82.9 Å². The van der Waals surface area contributed by atoms with Crippen LogP contribution in [0, 0.1) is 0 Å². The minimum Gasteiger partial charge on any atom is -0.387 e. The predicted octanol–water partition coefficient (Wildman–Crippen LogP) is 2.55. The minimum atomic E-state index is -4.85. The summed E-state index contributed by atoms with van der Waals surface area (Å²) < 4.78 is 35.1. The molecule has 0 aliphatic carbocycles. The fourth-order valence-electron chi connectivity index (χ4n) is 5.40. The molecule has 14 nitrogen and oxygen atoms in total. The van der Waals surface area contributed by atoms with Gasteiger partial charge in [0.2, 0.25) is 5.28 Å². The fraction of sp³-hybridized carbons (Fsp3) is 0.320. The summed E-state index contributed by atoms with van der Waals surface area (Å²) in [7, 11) is -9.56. The number of aliphatic hydroxyl groups is 2. The van der Waals surface area contributed by atoms with Gasteiger partial charge in [-0.2, -0.15) is 9.97 Å². The number of imidazole rings is 1. The van der Waals surface area contributed by atoms with Gasteiger partial charge in [0, 0.05) is 6.54 Å². The average molecular weight is 638 g/mol. The Morgan fingerprint density at radius 3 is 2.45 bits per heavy atom. The zero-order chi connectivity index (χ0) is 29.8. The molecule has 42 heavy (non-hydrogen) atoms. The first kappa shape index (κ1) is 29.3. The minimum absolute atomic E-state index is 0.0893. The van der Waals surface area contributed by atoms with E-state index < -0.39 is 52.2 Å². The molecule has 5 N–H and O–H groups in total. The SMILES string of the molecule is O=P(O)(O)CP(=O)(O)OC[C@H]1O[C@@H](n2cnc3c(N4Cc5ccccc5C4c4ccccc4)nc(Cl)nc32)[C@@H](O)C1O. The summed E-state index contributed by atoms with van der Waals surface area (Å²) in [6.07, 6.45) is -4.32. The second-order valence-electron chi connectivity index (χ2n) is 10.1. The highest BCUT2D eigenvalue weighted by atomic mass is 35.5. The number of benzene rings is 2. The molecule has 2 aromatic heterocycles. The van der Waals surface area contributed by atoms with E-state index in [1.165, 1.54) is 10.9 Å². The summed E-state index contributed by atoms with van der Waals surface area (Å²) in [5.74, 6) is -0.955. The fourth-order valence-corrected chi connectivity index (χ4v) is 8.13. The molecule has 0 spiro atoms. The second kappa shape index (κ2) is 11.1. The Morgan fingerprint density at radius 1 is 1.00 bits per heavy atom. The van der Waals surface area contributed by atoms with Crippen LogP contribution in [0.2, 0.25) is 5.28 Å². The van der Waals surface area contributed by atoms with E-state index in [0.717, 1.165) is 16.7 Å². The van der Waals surface area contributed by atoms with E-state index in [9.17, 15) is 24.2 Å². The van der Waals surface area contributed by atoms with Crippen LogP contribution in [0.1, 0.15) is 29.0 Å². The number of aromatic nitrogens is 4. The summed E-state index contributed by atoms with van der Waals surface area (Å²) in [5, 5.41) is 21.3. The molecule has 2 aliphatic rings.